The standard InChI is InChI=1S/C17H19BrN2O2S/c1-21-15-8-3-12(11-16(15)22-2)9-10-19-17(23)20-14-6-4-13(18)5-7-14/h3-8,11H,9-10H2,1-2H3,(H2,19,20,23). The molecule has 0 unspecified atom stereocenters. The Balaban J connectivity index is 1.82. The second-order valence-electron chi connectivity index (χ2n) is 4.83. The van der Waals surface area contributed by atoms with Gasteiger partial charge in [-0.05, 0) is 60.6 Å². The van der Waals surface area contributed by atoms with E-state index in [1.807, 2.05) is 42.5 Å². The number of anilines is 1. The minimum atomic E-state index is 0.604. The molecule has 0 aromatic heterocycles. The van der Waals surface area contributed by atoms with Crippen LogP contribution in [0.3, 0.4) is 0 Å². The van der Waals surface area contributed by atoms with Crippen molar-refractivity contribution >= 4 is 38.9 Å². The molecule has 4 nitrogen and oxygen atoms in total. The molecular formula is C17H19BrN2O2S. The quantitative estimate of drug-likeness (QED) is 0.724. The molecule has 2 rings (SSSR count). The molecule has 2 aromatic carbocycles. The lowest BCUT2D eigenvalue weighted by Crippen LogP contribution is -2.30. The number of hydrogen-bond donors (Lipinski definition) is 2. The van der Waals surface area contributed by atoms with Crippen molar-refractivity contribution in [2.45, 2.75) is 6.42 Å². The van der Waals surface area contributed by atoms with Gasteiger partial charge < -0.3 is 20.1 Å². The van der Waals surface area contributed by atoms with Gasteiger partial charge in [0.15, 0.2) is 16.6 Å². The van der Waals surface area contributed by atoms with Crippen LogP contribution in [0.4, 0.5) is 5.69 Å². The molecule has 23 heavy (non-hydrogen) atoms. The number of rotatable bonds is 6. The Bertz CT molecular complexity index is 662. The zero-order chi connectivity index (χ0) is 16.7. The Hall–Kier alpha value is -1.79. The number of benzene rings is 2. The van der Waals surface area contributed by atoms with Crippen molar-refractivity contribution in [3.8, 4) is 11.5 Å². The predicted molar refractivity (Wildman–Crippen MR) is 102 cm³/mol. The Morgan fingerprint density at radius 1 is 1.04 bits per heavy atom. The third-order valence-electron chi connectivity index (χ3n) is 3.25. The lowest BCUT2D eigenvalue weighted by atomic mass is 10.1. The van der Waals surface area contributed by atoms with Crippen LogP contribution in [-0.2, 0) is 6.42 Å². The molecule has 0 aliphatic carbocycles. The molecule has 0 fully saturated rings. The molecule has 0 spiro atoms. The van der Waals surface area contributed by atoms with Crippen molar-refractivity contribution in [2.24, 2.45) is 0 Å². The number of methoxy groups -OCH3 is 2. The molecule has 0 aliphatic heterocycles. The van der Waals surface area contributed by atoms with E-state index in [2.05, 4.69) is 26.6 Å². The Labute approximate surface area is 150 Å². The molecule has 2 N–H and O–H groups in total. The second-order valence-corrected chi connectivity index (χ2v) is 6.15. The molecule has 0 saturated heterocycles. The van der Waals surface area contributed by atoms with Crippen LogP contribution in [0.15, 0.2) is 46.9 Å². The van der Waals surface area contributed by atoms with E-state index in [9.17, 15) is 0 Å². The number of ether oxygens (including phenoxy) is 2. The Kier molecular flexibility index (Phi) is 6.67. The highest BCUT2D eigenvalue weighted by Crippen LogP contribution is 2.27. The summed E-state index contributed by atoms with van der Waals surface area (Å²) < 4.78 is 11.6. The lowest BCUT2D eigenvalue weighted by Gasteiger charge is -2.12. The molecule has 0 bridgehead atoms. The van der Waals surface area contributed by atoms with Gasteiger partial charge in [0.1, 0.15) is 0 Å². The van der Waals surface area contributed by atoms with E-state index < -0.39 is 0 Å². The van der Waals surface area contributed by atoms with Gasteiger partial charge in [-0.25, -0.2) is 0 Å². The Morgan fingerprint density at radius 3 is 2.39 bits per heavy atom. The summed E-state index contributed by atoms with van der Waals surface area (Å²) in [6, 6.07) is 13.8. The van der Waals surface area contributed by atoms with Gasteiger partial charge in [-0.3, -0.25) is 0 Å². The molecule has 2 aromatic rings. The van der Waals surface area contributed by atoms with Crippen molar-refractivity contribution in [2.75, 3.05) is 26.1 Å². The monoisotopic (exact) mass is 394 g/mol. The van der Waals surface area contributed by atoms with Gasteiger partial charge in [0.25, 0.3) is 0 Å². The maximum Gasteiger partial charge on any atom is 0.170 e. The van der Waals surface area contributed by atoms with E-state index in [0.717, 1.165) is 40.2 Å². The summed E-state index contributed by atoms with van der Waals surface area (Å²) in [5.41, 5.74) is 2.11. The van der Waals surface area contributed by atoms with Gasteiger partial charge in [-0.1, -0.05) is 22.0 Å². The molecule has 0 saturated carbocycles. The van der Waals surface area contributed by atoms with Crippen LogP contribution in [0.1, 0.15) is 5.56 Å². The molecule has 122 valence electrons. The highest BCUT2D eigenvalue weighted by molar-refractivity contribution is 9.10. The van der Waals surface area contributed by atoms with Crippen LogP contribution in [0, 0.1) is 0 Å². The highest BCUT2D eigenvalue weighted by Gasteiger charge is 2.04. The Morgan fingerprint density at radius 2 is 1.74 bits per heavy atom. The smallest absolute Gasteiger partial charge is 0.170 e. The normalized spacial score (nSPS) is 10.0. The first kappa shape index (κ1) is 17.6. The van der Waals surface area contributed by atoms with Crippen molar-refractivity contribution in [3.63, 3.8) is 0 Å². The zero-order valence-corrected chi connectivity index (χ0v) is 15.5. The molecule has 0 heterocycles. The number of thiocarbonyl (C=S) groups is 1. The third kappa shape index (κ3) is 5.41. The topological polar surface area (TPSA) is 42.5 Å². The number of nitrogens with one attached hydrogen (secondary N) is 2. The van der Waals surface area contributed by atoms with Crippen LogP contribution in [-0.4, -0.2) is 25.9 Å². The highest BCUT2D eigenvalue weighted by atomic mass is 79.9. The van der Waals surface area contributed by atoms with E-state index >= 15 is 0 Å². The summed E-state index contributed by atoms with van der Waals surface area (Å²) in [4.78, 5) is 0. The molecular weight excluding hydrogens is 376 g/mol. The van der Waals surface area contributed by atoms with E-state index in [1.165, 1.54) is 0 Å². The summed E-state index contributed by atoms with van der Waals surface area (Å²) in [6.45, 7) is 0.734. The fourth-order valence-electron chi connectivity index (χ4n) is 2.07. The molecule has 0 amide bonds. The fourth-order valence-corrected chi connectivity index (χ4v) is 2.55. The van der Waals surface area contributed by atoms with E-state index in [-0.39, 0.29) is 0 Å². The first-order chi connectivity index (χ1) is 11.1. The molecule has 0 atom stereocenters. The minimum Gasteiger partial charge on any atom is -0.493 e. The van der Waals surface area contributed by atoms with Crippen LogP contribution in [0.5, 0.6) is 11.5 Å². The van der Waals surface area contributed by atoms with Crippen molar-refractivity contribution < 1.29 is 9.47 Å². The van der Waals surface area contributed by atoms with Gasteiger partial charge in [-0.2, -0.15) is 0 Å². The van der Waals surface area contributed by atoms with Crippen LogP contribution >= 0.6 is 28.1 Å². The summed E-state index contributed by atoms with van der Waals surface area (Å²) in [5, 5.41) is 6.95. The SMILES string of the molecule is COc1ccc(CCNC(=S)Nc2ccc(Br)cc2)cc1OC. The maximum atomic E-state index is 5.31. The summed E-state index contributed by atoms with van der Waals surface area (Å²) in [7, 11) is 3.27. The van der Waals surface area contributed by atoms with E-state index in [0.29, 0.717) is 5.11 Å². The van der Waals surface area contributed by atoms with Crippen LogP contribution < -0.4 is 20.1 Å². The predicted octanol–water partition coefficient (Wildman–Crippen LogP) is 4.00. The lowest BCUT2D eigenvalue weighted by molar-refractivity contribution is 0.354. The van der Waals surface area contributed by atoms with Gasteiger partial charge in [0, 0.05) is 16.7 Å². The summed E-state index contributed by atoms with van der Waals surface area (Å²) >= 11 is 8.70. The van der Waals surface area contributed by atoms with Crippen molar-refractivity contribution in [1.29, 1.82) is 0 Å². The van der Waals surface area contributed by atoms with Crippen molar-refractivity contribution in [1.82, 2.24) is 5.32 Å². The maximum absolute atomic E-state index is 5.31. The van der Waals surface area contributed by atoms with Gasteiger partial charge in [0.05, 0.1) is 14.2 Å². The number of hydrogen-bond acceptors (Lipinski definition) is 3. The average molecular weight is 395 g/mol. The summed E-state index contributed by atoms with van der Waals surface area (Å²) in [5.74, 6) is 1.47. The zero-order valence-electron chi connectivity index (χ0n) is 13.1. The van der Waals surface area contributed by atoms with Crippen LogP contribution in [0.25, 0.3) is 0 Å². The molecule has 0 aliphatic rings. The average Bonchev–Trinajstić information content (AvgIpc) is 2.56. The first-order valence-corrected chi connectivity index (χ1v) is 8.34. The van der Waals surface area contributed by atoms with Gasteiger partial charge in [-0.15, -0.1) is 0 Å². The first-order valence-electron chi connectivity index (χ1n) is 7.13. The molecule has 0 radical (unpaired) electrons. The van der Waals surface area contributed by atoms with Gasteiger partial charge in [0.2, 0.25) is 0 Å². The third-order valence-corrected chi connectivity index (χ3v) is 4.02. The number of halogens is 1. The largest absolute Gasteiger partial charge is 0.493 e. The van der Waals surface area contributed by atoms with Gasteiger partial charge >= 0.3 is 0 Å². The van der Waals surface area contributed by atoms with Crippen LogP contribution in [0.2, 0.25) is 0 Å². The van der Waals surface area contributed by atoms with E-state index in [4.69, 9.17) is 21.7 Å². The second kappa shape index (κ2) is 8.74. The van der Waals surface area contributed by atoms with E-state index in [1.54, 1.807) is 14.2 Å². The van der Waals surface area contributed by atoms with Crippen molar-refractivity contribution in [3.05, 3.63) is 52.5 Å². The minimum absolute atomic E-state index is 0.604. The molecule has 6 heteroatoms. The summed E-state index contributed by atoms with van der Waals surface area (Å²) in [6.07, 6.45) is 0.836. The fraction of sp³-hybridized carbons (Fsp3) is 0.235.